The topological polar surface area (TPSA) is 60.2 Å². The summed E-state index contributed by atoms with van der Waals surface area (Å²) >= 11 is 0. The van der Waals surface area contributed by atoms with Gasteiger partial charge in [0.05, 0.1) is 10.1 Å². The van der Waals surface area contributed by atoms with E-state index in [0.29, 0.717) is 11.4 Å². The van der Waals surface area contributed by atoms with Crippen molar-refractivity contribution in [2.24, 2.45) is 11.7 Å². The van der Waals surface area contributed by atoms with Crippen LogP contribution in [0.5, 0.6) is 0 Å². The second kappa shape index (κ2) is 5.28. The minimum Gasteiger partial charge on any atom is -0.330 e. The molecule has 3 nitrogen and oxygen atoms in total. The van der Waals surface area contributed by atoms with E-state index in [9.17, 15) is 8.42 Å². The average molecular weight is 301 g/mol. The first-order valence-corrected chi connectivity index (χ1v) is 8.66. The normalized spacial score (nSPS) is 24.8. The van der Waals surface area contributed by atoms with Crippen molar-refractivity contribution in [1.29, 1.82) is 0 Å². The van der Waals surface area contributed by atoms with Crippen LogP contribution in [0.15, 0.2) is 59.5 Å². The van der Waals surface area contributed by atoms with Gasteiger partial charge in [0, 0.05) is 5.92 Å². The molecule has 4 heteroatoms. The van der Waals surface area contributed by atoms with E-state index in [1.54, 1.807) is 12.1 Å². The molecule has 2 aromatic rings. The zero-order chi connectivity index (χ0) is 15.0. The van der Waals surface area contributed by atoms with Crippen LogP contribution in [0.25, 0.3) is 0 Å². The SMILES string of the molecule is Cc1ccc(S(=O)(=O)C2C(CN)C2c2ccccc2)cc1. The summed E-state index contributed by atoms with van der Waals surface area (Å²) in [4.78, 5) is 0.398. The van der Waals surface area contributed by atoms with E-state index in [0.717, 1.165) is 11.1 Å². The molecule has 3 atom stereocenters. The van der Waals surface area contributed by atoms with Crippen molar-refractivity contribution in [2.75, 3.05) is 6.54 Å². The summed E-state index contributed by atoms with van der Waals surface area (Å²) in [5, 5.41) is -0.396. The molecule has 0 bridgehead atoms. The monoisotopic (exact) mass is 301 g/mol. The number of hydrogen-bond donors (Lipinski definition) is 1. The van der Waals surface area contributed by atoms with Gasteiger partial charge >= 0.3 is 0 Å². The van der Waals surface area contributed by atoms with E-state index in [1.807, 2.05) is 49.4 Å². The zero-order valence-electron chi connectivity index (χ0n) is 11.9. The molecule has 2 N–H and O–H groups in total. The molecule has 3 rings (SSSR count). The van der Waals surface area contributed by atoms with E-state index in [1.165, 1.54) is 0 Å². The van der Waals surface area contributed by atoms with Gasteiger partial charge in [-0.25, -0.2) is 8.42 Å². The number of nitrogens with two attached hydrogens (primary N) is 1. The Morgan fingerprint density at radius 1 is 1.00 bits per heavy atom. The van der Waals surface area contributed by atoms with Gasteiger partial charge in [-0.3, -0.25) is 0 Å². The smallest absolute Gasteiger partial charge is 0.182 e. The van der Waals surface area contributed by atoms with Gasteiger partial charge in [-0.2, -0.15) is 0 Å². The van der Waals surface area contributed by atoms with Gasteiger partial charge in [0.2, 0.25) is 0 Å². The van der Waals surface area contributed by atoms with E-state index in [2.05, 4.69) is 0 Å². The fraction of sp³-hybridized carbons (Fsp3) is 0.294. The van der Waals surface area contributed by atoms with Gasteiger partial charge in [-0.1, -0.05) is 48.0 Å². The lowest BCUT2D eigenvalue weighted by atomic mass is 10.1. The Hall–Kier alpha value is -1.65. The van der Waals surface area contributed by atoms with Crippen molar-refractivity contribution in [3.05, 3.63) is 65.7 Å². The highest BCUT2D eigenvalue weighted by Crippen LogP contribution is 2.53. The molecule has 3 unspecified atom stereocenters. The molecule has 110 valence electrons. The van der Waals surface area contributed by atoms with Crippen LogP contribution in [-0.4, -0.2) is 20.2 Å². The van der Waals surface area contributed by atoms with Crippen LogP contribution < -0.4 is 5.73 Å². The van der Waals surface area contributed by atoms with E-state index < -0.39 is 15.1 Å². The Morgan fingerprint density at radius 2 is 1.62 bits per heavy atom. The Labute approximate surface area is 125 Å². The lowest BCUT2D eigenvalue weighted by molar-refractivity contribution is 0.591. The summed E-state index contributed by atoms with van der Waals surface area (Å²) in [6.07, 6.45) is 0. The van der Waals surface area contributed by atoms with Crippen molar-refractivity contribution in [3.8, 4) is 0 Å². The maximum atomic E-state index is 12.8. The minimum atomic E-state index is -3.32. The first kappa shape index (κ1) is 14.3. The Morgan fingerprint density at radius 3 is 2.19 bits per heavy atom. The van der Waals surface area contributed by atoms with Crippen LogP contribution >= 0.6 is 0 Å². The number of sulfone groups is 1. The second-order valence-electron chi connectivity index (χ2n) is 5.66. The van der Waals surface area contributed by atoms with Crippen LogP contribution in [-0.2, 0) is 9.84 Å². The Balaban J connectivity index is 1.94. The number of hydrogen-bond acceptors (Lipinski definition) is 3. The molecule has 2 aromatic carbocycles. The highest BCUT2D eigenvalue weighted by molar-refractivity contribution is 7.92. The van der Waals surface area contributed by atoms with Crippen molar-refractivity contribution in [3.63, 3.8) is 0 Å². The molecule has 0 saturated heterocycles. The van der Waals surface area contributed by atoms with Crippen molar-refractivity contribution < 1.29 is 8.42 Å². The quantitative estimate of drug-likeness (QED) is 0.944. The summed E-state index contributed by atoms with van der Waals surface area (Å²) < 4.78 is 25.6. The largest absolute Gasteiger partial charge is 0.330 e. The molecule has 0 amide bonds. The molecule has 0 spiro atoms. The maximum Gasteiger partial charge on any atom is 0.182 e. The summed E-state index contributed by atoms with van der Waals surface area (Å²) in [6, 6.07) is 16.8. The summed E-state index contributed by atoms with van der Waals surface area (Å²) in [5.41, 5.74) is 7.91. The van der Waals surface area contributed by atoms with Crippen molar-refractivity contribution in [1.82, 2.24) is 0 Å². The maximum absolute atomic E-state index is 12.8. The third-order valence-corrected chi connectivity index (χ3v) is 6.55. The molecule has 0 heterocycles. The van der Waals surface area contributed by atoms with Crippen molar-refractivity contribution in [2.45, 2.75) is 23.0 Å². The molecule has 0 radical (unpaired) electrons. The van der Waals surface area contributed by atoms with E-state index >= 15 is 0 Å². The lowest BCUT2D eigenvalue weighted by Gasteiger charge is -2.05. The average Bonchev–Trinajstić information content (AvgIpc) is 3.24. The first-order valence-electron chi connectivity index (χ1n) is 7.11. The highest BCUT2D eigenvalue weighted by atomic mass is 32.2. The lowest BCUT2D eigenvalue weighted by Crippen LogP contribution is -2.13. The van der Waals surface area contributed by atoms with Crippen molar-refractivity contribution >= 4 is 9.84 Å². The summed E-state index contributed by atoms with van der Waals surface area (Å²) in [5.74, 6) is 0.0289. The molecule has 1 aliphatic carbocycles. The Kier molecular flexibility index (Phi) is 3.59. The molecule has 1 aliphatic rings. The fourth-order valence-corrected chi connectivity index (χ4v) is 5.27. The highest BCUT2D eigenvalue weighted by Gasteiger charge is 2.57. The molecule has 1 saturated carbocycles. The van der Waals surface area contributed by atoms with Crippen LogP contribution in [0.4, 0.5) is 0 Å². The number of rotatable bonds is 4. The molecule has 1 fully saturated rings. The molecular weight excluding hydrogens is 282 g/mol. The first-order chi connectivity index (χ1) is 10.1. The molecule has 0 aromatic heterocycles. The third kappa shape index (κ3) is 2.49. The summed E-state index contributed by atoms with van der Waals surface area (Å²) in [6.45, 7) is 2.35. The number of benzene rings is 2. The predicted octanol–water partition coefficient (Wildman–Crippen LogP) is 2.51. The van der Waals surface area contributed by atoms with Gasteiger partial charge in [0.1, 0.15) is 0 Å². The van der Waals surface area contributed by atoms with E-state index in [4.69, 9.17) is 5.73 Å². The third-order valence-electron chi connectivity index (χ3n) is 4.26. The fourth-order valence-electron chi connectivity index (χ4n) is 3.04. The van der Waals surface area contributed by atoms with Crippen LogP contribution in [0.2, 0.25) is 0 Å². The van der Waals surface area contributed by atoms with Crippen LogP contribution in [0, 0.1) is 12.8 Å². The summed E-state index contributed by atoms with van der Waals surface area (Å²) in [7, 11) is -3.32. The van der Waals surface area contributed by atoms with Gasteiger partial charge in [-0.05, 0) is 37.1 Å². The van der Waals surface area contributed by atoms with E-state index in [-0.39, 0.29) is 11.8 Å². The second-order valence-corrected chi connectivity index (χ2v) is 7.76. The van der Waals surface area contributed by atoms with Gasteiger partial charge in [0.15, 0.2) is 9.84 Å². The minimum absolute atomic E-state index is 0.0127. The van der Waals surface area contributed by atoms with Gasteiger partial charge in [-0.15, -0.1) is 0 Å². The molecule has 0 aliphatic heterocycles. The Bertz CT molecular complexity index is 723. The molecule has 21 heavy (non-hydrogen) atoms. The standard InChI is InChI=1S/C17H19NO2S/c1-12-7-9-14(10-8-12)21(19,20)17-15(11-18)16(17)13-5-3-2-4-6-13/h2-10,15-17H,11,18H2,1H3. The van der Waals surface area contributed by atoms with Gasteiger partial charge in [0.25, 0.3) is 0 Å². The van der Waals surface area contributed by atoms with Crippen LogP contribution in [0.1, 0.15) is 17.0 Å². The van der Waals surface area contributed by atoms with Crippen LogP contribution in [0.3, 0.4) is 0 Å². The number of aryl methyl sites for hydroxylation is 1. The van der Waals surface area contributed by atoms with Gasteiger partial charge < -0.3 is 5.73 Å². The zero-order valence-corrected chi connectivity index (χ0v) is 12.8. The predicted molar refractivity (Wildman–Crippen MR) is 83.9 cm³/mol. The molecular formula is C17H19NO2S.